The summed E-state index contributed by atoms with van der Waals surface area (Å²) < 4.78 is 12.0. The zero-order valence-electron chi connectivity index (χ0n) is 18.7. The van der Waals surface area contributed by atoms with Gasteiger partial charge < -0.3 is 9.47 Å². The van der Waals surface area contributed by atoms with Gasteiger partial charge >= 0.3 is 6.03 Å². The van der Waals surface area contributed by atoms with Crippen LogP contribution in [0.15, 0.2) is 70.7 Å². The number of nitrogens with one attached hydrogen (secondary N) is 1. The highest BCUT2D eigenvalue weighted by Crippen LogP contribution is 2.38. The molecule has 0 saturated carbocycles. The first-order valence-electron chi connectivity index (χ1n) is 10.5. The lowest BCUT2D eigenvalue weighted by molar-refractivity contribution is -0.122. The molecule has 1 saturated heterocycles. The molecule has 0 aliphatic carbocycles. The summed E-state index contributed by atoms with van der Waals surface area (Å²) in [4.78, 5) is 38.9. The normalized spacial score (nSPS) is 14.4. The largest absolute Gasteiger partial charge is 0.493 e. The molecule has 8 nitrogen and oxygen atoms in total. The highest BCUT2D eigenvalue weighted by atomic mass is 79.9. The van der Waals surface area contributed by atoms with Gasteiger partial charge in [-0.25, -0.2) is 9.69 Å². The maximum Gasteiger partial charge on any atom is 0.335 e. The molecule has 1 N–H and O–H groups in total. The Balaban J connectivity index is 1.65. The fourth-order valence-corrected chi connectivity index (χ4v) is 4.06. The molecular weight excluding hydrogens is 550 g/mol. The van der Waals surface area contributed by atoms with Crippen molar-refractivity contribution in [3.05, 3.63) is 92.4 Å². The second-order valence-corrected chi connectivity index (χ2v) is 8.85. The number of carbonyl (C=O) groups excluding carboxylic acids is 3. The molecule has 0 spiro atoms. The Morgan fingerprint density at radius 3 is 2.53 bits per heavy atom. The summed E-state index contributed by atoms with van der Waals surface area (Å²) in [6.45, 7) is 0.0748. The smallest absolute Gasteiger partial charge is 0.335 e. The molecule has 0 atom stereocenters. The van der Waals surface area contributed by atoms with Gasteiger partial charge in [0.25, 0.3) is 11.8 Å². The SMILES string of the molecule is COc1cc(/C=C2\C(=O)NC(=O)N(c3ccc(Br)cc3)C2=O)cc(Cl)c1OCc1ccccc1C#N. The first kappa shape index (κ1) is 25.0. The van der Waals surface area contributed by atoms with Crippen molar-refractivity contribution in [1.82, 2.24) is 5.32 Å². The predicted molar refractivity (Wildman–Crippen MR) is 137 cm³/mol. The lowest BCUT2D eigenvalue weighted by atomic mass is 10.1. The molecule has 3 aromatic rings. The van der Waals surface area contributed by atoms with Gasteiger partial charge in [0.15, 0.2) is 11.5 Å². The lowest BCUT2D eigenvalue weighted by Gasteiger charge is -2.26. The molecule has 0 aromatic heterocycles. The Labute approximate surface area is 219 Å². The molecule has 0 unspecified atom stereocenters. The van der Waals surface area contributed by atoms with Gasteiger partial charge in [0.1, 0.15) is 12.2 Å². The Morgan fingerprint density at radius 1 is 1.11 bits per heavy atom. The van der Waals surface area contributed by atoms with Crippen LogP contribution in [0.3, 0.4) is 0 Å². The minimum absolute atomic E-state index is 0.0748. The lowest BCUT2D eigenvalue weighted by Crippen LogP contribution is -2.54. The fourth-order valence-electron chi connectivity index (χ4n) is 3.52. The van der Waals surface area contributed by atoms with E-state index in [1.165, 1.54) is 19.3 Å². The standard InChI is InChI=1S/C26H17BrClN3O5/c1-35-22-12-15(11-21(28)23(22)36-14-17-5-3-2-4-16(17)13-29)10-20-24(32)30-26(34)31(25(20)33)19-8-6-18(27)7-9-19/h2-12H,14H2,1H3,(H,30,32,34)/b20-10+. The van der Waals surface area contributed by atoms with Crippen LogP contribution in [0.1, 0.15) is 16.7 Å². The van der Waals surface area contributed by atoms with E-state index in [4.69, 9.17) is 21.1 Å². The van der Waals surface area contributed by atoms with Crippen molar-refractivity contribution in [3.8, 4) is 17.6 Å². The van der Waals surface area contributed by atoms with Gasteiger partial charge in [-0.3, -0.25) is 14.9 Å². The first-order valence-corrected chi connectivity index (χ1v) is 11.6. The van der Waals surface area contributed by atoms with Crippen LogP contribution >= 0.6 is 27.5 Å². The number of barbiturate groups is 1. The number of hydrogen-bond acceptors (Lipinski definition) is 6. The molecule has 1 heterocycles. The van der Waals surface area contributed by atoms with Gasteiger partial charge in [0, 0.05) is 10.0 Å². The summed E-state index contributed by atoms with van der Waals surface area (Å²) in [6.07, 6.45) is 1.32. The van der Waals surface area contributed by atoms with Crippen molar-refractivity contribution in [2.24, 2.45) is 0 Å². The van der Waals surface area contributed by atoms with Crippen LogP contribution in [0.5, 0.6) is 11.5 Å². The Hall–Kier alpha value is -4.13. The molecule has 1 fully saturated rings. The molecule has 0 radical (unpaired) electrons. The predicted octanol–water partition coefficient (Wildman–Crippen LogP) is 5.23. The zero-order chi connectivity index (χ0) is 25.8. The number of imide groups is 2. The number of carbonyl (C=O) groups is 3. The number of anilines is 1. The van der Waals surface area contributed by atoms with Crippen molar-refractivity contribution >= 4 is 57.1 Å². The highest BCUT2D eigenvalue weighted by Gasteiger charge is 2.36. The van der Waals surface area contributed by atoms with Gasteiger partial charge in [0.2, 0.25) is 0 Å². The minimum Gasteiger partial charge on any atom is -0.493 e. The Bertz CT molecular complexity index is 1450. The first-order chi connectivity index (χ1) is 17.3. The summed E-state index contributed by atoms with van der Waals surface area (Å²) in [6, 6.07) is 17.8. The highest BCUT2D eigenvalue weighted by molar-refractivity contribution is 9.10. The number of nitrogens with zero attached hydrogens (tertiary/aromatic N) is 2. The number of benzene rings is 3. The maximum absolute atomic E-state index is 13.1. The van der Waals surface area contributed by atoms with E-state index in [1.807, 2.05) is 0 Å². The van der Waals surface area contributed by atoms with Crippen LogP contribution in [0.2, 0.25) is 5.02 Å². The molecule has 1 aliphatic heterocycles. The van der Waals surface area contributed by atoms with E-state index >= 15 is 0 Å². The Kier molecular flexibility index (Phi) is 7.38. The van der Waals surface area contributed by atoms with E-state index < -0.39 is 17.8 Å². The van der Waals surface area contributed by atoms with Crippen molar-refractivity contribution in [2.45, 2.75) is 6.61 Å². The minimum atomic E-state index is -0.846. The quantitative estimate of drug-likeness (QED) is 0.323. The molecule has 3 aromatic carbocycles. The van der Waals surface area contributed by atoms with Crippen LogP contribution in [0.25, 0.3) is 6.08 Å². The van der Waals surface area contributed by atoms with Gasteiger partial charge in [-0.15, -0.1) is 0 Å². The number of nitriles is 1. The van der Waals surface area contributed by atoms with Crippen LogP contribution in [-0.2, 0) is 16.2 Å². The third-order valence-corrected chi connectivity index (χ3v) is 6.07. The second kappa shape index (κ2) is 10.6. The van der Waals surface area contributed by atoms with Gasteiger partial charge in [-0.2, -0.15) is 5.26 Å². The molecule has 36 heavy (non-hydrogen) atoms. The number of methoxy groups -OCH3 is 1. The fraction of sp³-hybridized carbons (Fsp3) is 0.0769. The molecule has 1 aliphatic rings. The number of rotatable bonds is 6. The second-order valence-electron chi connectivity index (χ2n) is 7.53. The molecule has 4 rings (SSSR count). The maximum atomic E-state index is 13.1. The average molecular weight is 567 g/mol. The Morgan fingerprint density at radius 2 is 1.83 bits per heavy atom. The number of hydrogen-bond donors (Lipinski definition) is 1. The molecule has 180 valence electrons. The van der Waals surface area contributed by atoms with Crippen molar-refractivity contribution < 1.29 is 23.9 Å². The monoisotopic (exact) mass is 565 g/mol. The number of amides is 4. The zero-order valence-corrected chi connectivity index (χ0v) is 21.1. The summed E-state index contributed by atoms with van der Waals surface area (Å²) in [5.41, 5.74) is 1.57. The van der Waals surface area contributed by atoms with E-state index in [0.29, 0.717) is 22.4 Å². The summed E-state index contributed by atoms with van der Waals surface area (Å²) in [7, 11) is 1.42. The number of ether oxygens (including phenoxy) is 2. The van der Waals surface area contributed by atoms with E-state index in [9.17, 15) is 19.6 Å². The van der Waals surface area contributed by atoms with Crippen molar-refractivity contribution in [2.75, 3.05) is 12.0 Å². The van der Waals surface area contributed by atoms with E-state index in [1.54, 1.807) is 54.6 Å². The molecule has 4 amide bonds. The van der Waals surface area contributed by atoms with Crippen LogP contribution in [0.4, 0.5) is 10.5 Å². The molecular formula is C26H17BrClN3O5. The van der Waals surface area contributed by atoms with Crippen LogP contribution in [0, 0.1) is 11.3 Å². The van der Waals surface area contributed by atoms with Gasteiger partial charge in [0.05, 0.1) is 29.5 Å². The average Bonchev–Trinajstić information content (AvgIpc) is 2.86. The summed E-state index contributed by atoms with van der Waals surface area (Å²) >= 11 is 9.76. The summed E-state index contributed by atoms with van der Waals surface area (Å²) in [5.74, 6) is -1.12. The van der Waals surface area contributed by atoms with E-state index in [0.717, 1.165) is 9.37 Å². The number of halogens is 2. The van der Waals surface area contributed by atoms with Gasteiger partial charge in [-0.05, 0) is 54.1 Å². The van der Waals surface area contributed by atoms with Crippen LogP contribution in [-0.4, -0.2) is 25.0 Å². The van der Waals surface area contributed by atoms with E-state index in [-0.39, 0.29) is 28.7 Å². The van der Waals surface area contributed by atoms with Crippen LogP contribution < -0.4 is 19.7 Å². The third kappa shape index (κ3) is 5.10. The number of urea groups is 1. The van der Waals surface area contributed by atoms with Crippen molar-refractivity contribution in [3.63, 3.8) is 0 Å². The van der Waals surface area contributed by atoms with Crippen molar-refractivity contribution in [1.29, 1.82) is 5.26 Å². The molecule has 10 heteroatoms. The van der Waals surface area contributed by atoms with Gasteiger partial charge in [-0.1, -0.05) is 45.7 Å². The third-order valence-electron chi connectivity index (χ3n) is 5.26. The topological polar surface area (TPSA) is 109 Å². The summed E-state index contributed by atoms with van der Waals surface area (Å²) in [5, 5.41) is 11.6. The van der Waals surface area contributed by atoms with E-state index in [2.05, 4.69) is 27.3 Å². The molecule has 0 bridgehead atoms.